The number of benzene rings is 1. The molecule has 3 amide bonds. The number of amides is 3. The molecule has 0 radical (unpaired) electrons. The molecule has 2 saturated heterocycles. The van der Waals surface area contributed by atoms with Crippen molar-refractivity contribution in [2.45, 2.75) is 13.0 Å². The highest BCUT2D eigenvalue weighted by molar-refractivity contribution is 5.97. The van der Waals surface area contributed by atoms with Crippen LogP contribution in [0.2, 0.25) is 0 Å². The summed E-state index contributed by atoms with van der Waals surface area (Å²) in [5, 5.41) is 0. The lowest BCUT2D eigenvalue weighted by Crippen LogP contribution is -2.51. The van der Waals surface area contributed by atoms with Gasteiger partial charge in [0.2, 0.25) is 18.2 Å². The molecule has 1 aromatic carbocycles. The van der Waals surface area contributed by atoms with Gasteiger partial charge in [0, 0.05) is 58.9 Å². The van der Waals surface area contributed by atoms with Gasteiger partial charge < -0.3 is 14.7 Å². The van der Waals surface area contributed by atoms with Crippen molar-refractivity contribution in [2.75, 3.05) is 52.4 Å². The Labute approximate surface area is 154 Å². The summed E-state index contributed by atoms with van der Waals surface area (Å²) in [5.41, 5.74) is 1.27. The van der Waals surface area contributed by atoms with E-state index in [1.807, 2.05) is 18.2 Å². The number of piperazine rings is 2. The third kappa shape index (κ3) is 4.82. The Kier molecular flexibility index (Phi) is 6.22. The molecule has 0 unspecified atom stereocenters. The zero-order valence-corrected chi connectivity index (χ0v) is 15.0. The van der Waals surface area contributed by atoms with E-state index in [1.165, 1.54) is 5.56 Å². The fourth-order valence-electron chi connectivity index (χ4n) is 3.43. The Balaban J connectivity index is 1.41. The average molecular weight is 358 g/mol. The number of carbonyl (C=O) groups excluding carboxylic acids is 3. The minimum Gasteiger partial charge on any atom is -0.342 e. The van der Waals surface area contributed by atoms with Crippen molar-refractivity contribution >= 4 is 18.2 Å². The molecule has 0 bridgehead atoms. The van der Waals surface area contributed by atoms with E-state index < -0.39 is 0 Å². The van der Waals surface area contributed by atoms with E-state index in [1.54, 1.807) is 14.7 Å². The Hall–Kier alpha value is -2.41. The summed E-state index contributed by atoms with van der Waals surface area (Å²) in [6.07, 6.45) is 0.738. The third-order valence-electron chi connectivity index (χ3n) is 5.09. The zero-order chi connectivity index (χ0) is 18.4. The van der Waals surface area contributed by atoms with E-state index in [-0.39, 0.29) is 18.2 Å². The third-order valence-corrected chi connectivity index (χ3v) is 5.09. The summed E-state index contributed by atoms with van der Waals surface area (Å²) >= 11 is 0. The van der Waals surface area contributed by atoms with Crippen LogP contribution < -0.4 is 0 Å². The van der Waals surface area contributed by atoms with Gasteiger partial charge in [-0.15, -0.1) is 0 Å². The molecular weight excluding hydrogens is 332 g/mol. The highest BCUT2D eigenvalue weighted by Gasteiger charge is 2.26. The molecule has 0 aliphatic carbocycles. The molecule has 0 N–H and O–H groups in total. The summed E-state index contributed by atoms with van der Waals surface area (Å²) in [4.78, 5) is 42.9. The lowest BCUT2D eigenvalue weighted by Gasteiger charge is -2.36. The molecule has 3 rings (SSSR count). The second-order valence-corrected chi connectivity index (χ2v) is 6.84. The van der Waals surface area contributed by atoms with E-state index >= 15 is 0 Å². The summed E-state index contributed by atoms with van der Waals surface area (Å²) < 4.78 is 0. The van der Waals surface area contributed by atoms with Crippen molar-refractivity contribution < 1.29 is 14.4 Å². The summed E-state index contributed by atoms with van der Waals surface area (Å²) in [6, 6.07) is 10.3. The molecule has 0 aromatic heterocycles. The van der Waals surface area contributed by atoms with Gasteiger partial charge in [-0.05, 0) is 5.56 Å². The summed E-state index contributed by atoms with van der Waals surface area (Å²) in [6.45, 7) is 5.98. The normalized spacial score (nSPS) is 18.7. The van der Waals surface area contributed by atoms with Crippen molar-refractivity contribution in [1.29, 1.82) is 0 Å². The molecule has 2 aliphatic rings. The van der Waals surface area contributed by atoms with Gasteiger partial charge in [0.15, 0.2) is 0 Å². The smallest absolute Gasteiger partial charge is 0.232 e. The van der Waals surface area contributed by atoms with Crippen LogP contribution in [0, 0.1) is 0 Å². The van der Waals surface area contributed by atoms with Crippen molar-refractivity contribution in [3.8, 4) is 0 Å². The molecule has 0 atom stereocenters. The van der Waals surface area contributed by atoms with Crippen LogP contribution in [-0.4, -0.2) is 90.2 Å². The van der Waals surface area contributed by atoms with E-state index in [4.69, 9.17) is 0 Å². The first kappa shape index (κ1) is 18.4. The fraction of sp³-hybridized carbons (Fsp3) is 0.526. The summed E-state index contributed by atoms with van der Waals surface area (Å²) in [5.74, 6) is -0.223. The number of nitrogens with zero attached hydrogens (tertiary/aromatic N) is 4. The lowest BCUT2D eigenvalue weighted by molar-refractivity contribution is -0.143. The summed E-state index contributed by atoms with van der Waals surface area (Å²) in [7, 11) is 0. The maximum absolute atomic E-state index is 12.4. The van der Waals surface area contributed by atoms with Gasteiger partial charge in [0.1, 0.15) is 6.42 Å². The Bertz CT molecular complexity index is 621. The molecule has 7 heteroatoms. The van der Waals surface area contributed by atoms with Crippen LogP contribution in [-0.2, 0) is 20.9 Å². The maximum atomic E-state index is 12.4. The molecule has 1 aromatic rings. The van der Waals surface area contributed by atoms with E-state index in [2.05, 4.69) is 17.0 Å². The van der Waals surface area contributed by atoms with Crippen LogP contribution in [0.5, 0.6) is 0 Å². The molecule has 2 fully saturated rings. The van der Waals surface area contributed by atoms with Gasteiger partial charge in [-0.25, -0.2) is 0 Å². The largest absolute Gasteiger partial charge is 0.342 e. The van der Waals surface area contributed by atoms with Gasteiger partial charge in [-0.2, -0.15) is 0 Å². The van der Waals surface area contributed by atoms with Gasteiger partial charge in [-0.3, -0.25) is 19.3 Å². The van der Waals surface area contributed by atoms with Gasteiger partial charge >= 0.3 is 0 Å². The first-order valence-electron chi connectivity index (χ1n) is 9.17. The lowest BCUT2D eigenvalue weighted by atomic mass is 10.2. The molecule has 140 valence electrons. The predicted molar refractivity (Wildman–Crippen MR) is 97.1 cm³/mol. The van der Waals surface area contributed by atoms with Gasteiger partial charge in [0.05, 0.1) is 0 Å². The highest BCUT2D eigenvalue weighted by Crippen LogP contribution is 2.10. The standard InChI is InChI=1S/C19H26N4O3/c24-16-21-8-12-23(13-9-21)19(26)14-18(25)22-10-6-20(7-11-22)15-17-4-2-1-3-5-17/h1-5,16H,6-15H2. The second-order valence-electron chi connectivity index (χ2n) is 6.84. The second kappa shape index (κ2) is 8.80. The number of hydrogen-bond acceptors (Lipinski definition) is 4. The van der Waals surface area contributed by atoms with Crippen LogP contribution in [0.4, 0.5) is 0 Å². The zero-order valence-electron chi connectivity index (χ0n) is 15.0. The molecule has 0 spiro atoms. The minimum atomic E-state index is -0.132. The van der Waals surface area contributed by atoms with Crippen LogP contribution in [0.15, 0.2) is 30.3 Å². The van der Waals surface area contributed by atoms with E-state index in [0.29, 0.717) is 39.3 Å². The molecule has 0 saturated carbocycles. The van der Waals surface area contributed by atoms with Crippen molar-refractivity contribution in [1.82, 2.24) is 19.6 Å². The van der Waals surface area contributed by atoms with E-state index in [0.717, 1.165) is 26.0 Å². The Morgan fingerprint density at radius 1 is 0.808 bits per heavy atom. The first-order valence-corrected chi connectivity index (χ1v) is 9.17. The monoisotopic (exact) mass is 358 g/mol. The topological polar surface area (TPSA) is 64.2 Å². The molecular formula is C19H26N4O3. The van der Waals surface area contributed by atoms with Crippen LogP contribution in [0.3, 0.4) is 0 Å². The maximum Gasteiger partial charge on any atom is 0.232 e. The average Bonchev–Trinajstić information content (AvgIpc) is 2.69. The minimum absolute atomic E-state index is 0.0697. The quantitative estimate of drug-likeness (QED) is 0.550. The number of hydrogen-bond donors (Lipinski definition) is 0. The van der Waals surface area contributed by atoms with Crippen molar-refractivity contribution in [3.63, 3.8) is 0 Å². The van der Waals surface area contributed by atoms with Crippen LogP contribution in [0.1, 0.15) is 12.0 Å². The Morgan fingerprint density at radius 2 is 1.35 bits per heavy atom. The Morgan fingerprint density at radius 3 is 1.88 bits per heavy atom. The predicted octanol–water partition coefficient (Wildman–Crippen LogP) is 0.0215. The van der Waals surface area contributed by atoms with Crippen LogP contribution >= 0.6 is 0 Å². The highest BCUT2D eigenvalue weighted by atomic mass is 16.2. The molecule has 7 nitrogen and oxygen atoms in total. The van der Waals surface area contributed by atoms with Crippen molar-refractivity contribution in [2.24, 2.45) is 0 Å². The van der Waals surface area contributed by atoms with Crippen molar-refractivity contribution in [3.05, 3.63) is 35.9 Å². The SMILES string of the molecule is O=CN1CCN(C(=O)CC(=O)N2CCN(Cc3ccccc3)CC2)CC1. The van der Waals surface area contributed by atoms with Crippen LogP contribution in [0.25, 0.3) is 0 Å². The number of carbonyl (C=O) groups is 3. The molecule has 2 aliphatic heterocycles. The molecule has 2 heterocycles. The fourth-order valence-corrected chi connectivity index (χ4v) is 3.43. The first-order chi connectivity index (χ1) is 12.7. The van der Waals surface area contributed by atoms with E-state index in [9.17, 15) is 14.4 Å². The van der Waals surface area contributed by atoms with Gasteiger partial charge in [-0.1, -0.05) is 30.3 Å². The number of rotatable bonds is 5. The molecule has 26 heavy (non-hydrogen) atoms. The van der Waals surface area contributed by atoms with Gasteiger partial charge in [0.25, 0.3) is 0 Å².